The molecule has 1 aliphatic rings. The van der Waals surface area contributed by atoms with Gasteiger partial charge in [-0.3, -0.25) is 9.69 Å². The lowest BCUT2D eigenvalue weighted by Crippen LogP contribution is -2.46. The third kappa shape index (κ3) is 4.74. The van der Waals surface area contributed by atoms with E-state index in [1.165, 1.54) is 5.69 Å². The van der Waals surface area contributed by atoms with Gasteiger partial charge in [-0.15, -0.1) is 0 Å². The number of unbranched alkanes of at least 4 members (excludes halogenated alkanes) is 1. The van der Waals surface area contributed by atoms with Crippen molar-refractivity contribution < 1.29 is 14.3 Å². The van der Waals surface area contributed by atoms with Crippen LogP contribution in [0.2, 0.25) is 0 Å². The molecule has 1 aliphatic heterocycles. The number of nitrogens with zero attached hydrogens (tertiary/aromatic N) is 4. The molecule has 2 aromatic heterocycles. The Morgan fingerprint density at radius 3 is 2.57 bits per heavy atom. The summed E-state index contributed by atoms with van der Waals surface area (Å²) in [6, 6.07) is 12.1. The van der Waals surface area contributed by atoms with Gasteiger partial charge < -0.3 is 14.4 Å². The summed E-state index contributed by atoms with van der Waals surface area (Å²) in [5.41, 5.74) is 2.61. The Morgan fingerprint density at radius 2 is 1.83 bits per heavy atom. The lowest BCUT2D eigenvalue weighted by molar-refractivity contribution is 0.112. The SMILES string of the molecule is COc1ccc(N2CCN(CCCCOc3ccn4ncc(C=O)c4c3)CC2)cc1. The highest BCUT2D eigenvalue weighted by atomic mass is 16.5. The molecule has 7 heteroatoms. The summed E-state index contributed by atoms with van der Waals surface area (Å²) in [5.74, 6) is 1.67. The molecule has 1 fully saturated rings. The maximum Gasteiger partial charge on any atom is 0.153 e. The predicted octanol–water partition coefficient (Wildman–Crippen LogP) is 3.14. The van der Waals surface area contributed by atoms with Crippen molar-refractivity contribution in [3.05, 3.63) is 54.4 Å². The fourth-order valence-corrected chi connectivity index (χ4v) is 3.81. The van der Waals surface area contributed by atoms with E-state index in [1.54, 1.807) is 17.8 Å². The van der Waals surface area contributed by atoms with Crippen molar-refractivity contribution in [1.82, 2.24) is 14.5 Å². The molecule has 0 atom stereocenters. The molecule has 0 bridgehead atoms. The number of aromatic nitrogens is 2. The molecule has 0 spiro atoms. The maximum atomic E-state index is 11.1. The van der Waals surface area contributed by atoms with Gasteiger partial charge in [0.2, 0.25) is 0 Å². The molecule has 0 amide bonds. The van der Waals surface area contributed by atoms with Crippen LogP contribution >= 0.6 is 0 Å². The van der Waals surface area contributed by atoms with E-state index in [0.29, 0.717) is 12.2 Å². The number of hydrogen-bond donors (Lipinski definition) is 0. The van der Waals surface area contributed by atoms with Gasteiger partial charge in [0.05, 0.1) is 31.0 Å². The molecule has 30 heavy (non-hydrogen) atoms. The fourth-order valence-electron chi connectivity index (χ4n) is 3.81. The van der Waals surface area contributed by atoms with Crippen LogP contribution < -0.4 is 14.4 Å². The quantitative estimate of drug-likeness (QED) is 0.401. The van der Waals surface area contributed by atoms with E-state index in [4.69, 9.17) is 9.47 Å². The van der Waals surface area contributed by atoms with Crippen molar-refractivity contribution in [1.29, 1.82) is 0 Å². The third-order valence-electron chi connectivity index (χ3n) is 5.60. The zero-order valence-electron chi connectivity index (χ0n) is 17.4. The number of rotatable bonds is 9. The predicted molar refractivity (Wildman–Crippen MR) is 117 cm³/mol. The summed E-state index contributed by atoms with van der Waals surface area (Å²) in [7, 11) is 1.70. The second-order valence-corrected chi connectivity index (χ2v) is 7.49. The summed E-state index contributed by atoms with van der Waals surface area (Å²) in [6.07, 6.45) is 6.32. The molecular formula is C23H28N4O3. The van der Waals surface area contributed by atoms with Crippen LogP contribution in [0.3, 0.4) is 0 Å². The third-order valence-corrected chi connectivity index (χ3v) is 5.60. The van der Waals surface area contributed by atoms with Crippen LogP contribution in [0, 0.1) is 0 Å². The average molecular weight is 409 g/mol. The van der Waals surface area contributed by atoms with E-state index < -0.39 is 0 Å². The lowest BCUT2D eigenvalue weighted by atomic mass is 10.2. The highest BCUT2D eigenvalue weighted by molar-refractivity contribution is 5.85. The Hall–Kier alpha value is -3.06. The minimum absolute atomic E-state index is 0.578. The van der Waals surface area contributed by atoms with E-state index in [2.05, 4.69) is 27.0 Å². The number of ether oxygens (including phenoxy) is 2. The Balaban J connectivity index is 1.16. The smallest absolute Gasteiger partial charge is 0.153 e. The van der Waals surface area contributed by atoms with E-state index >= 15 is 0 Å². The largest absolute Gasteiger partial charge is 0.497 e. The van der Waals surface area contributed by atoms with Crippen LogP contribution in [0.15, 0.2) is 48.8 Å². The van der Waals surface area contributed by atoms with Gasteiger partial charge in [-0.2, -0.15) is 5.10 Å². The number of piperazine rings is 1. The number of benzene rings is 1. The molecule has 158 valence electrons. The second-order valence-electron chi connectivity index (χ2n) is 7.49. The Labute approximate surface area is 176 Å². The first-order valence-electron chi connectivity index (χ1n) is 10.4. The van der Waals surface area contributed by atoms with E-state index in [-0.39, 0.29) is 0 Å². The number of anilines is 1. The van der Waals surface area contributed by atoms with Crippen molar-refractivity contribution in [2.75, 3.05) is 51.3 Å². The first-order chi connectivity index (χ1) is 14.8. The highest BCUT2D eigenvalue weighted by Gasteiger charge is 2.16. The average Bonchev–Trinajstić information content (AvgIpc) is 3.22. The van der Waals surface area contributed by atoms with Crippen molar-refractivity contribution in [3.63, 3.8) is 0 Å². The van der Waals surface area contributed by atoms with E-state index in [0.717, 1.165) is 68.9 Å². The number of fused-ring (bicyclic) bond motifs is 1. The zero-order chi connectivity index (χ0) is 20.8. The topological polar surface area (TPSA) is 59.3 Å². The van der Waals surface area contributed by atoms with Crippen molar-refractivity contribution in [3.8, 4) is 11.5 Å². The van der Waals surface area contributed by atoms with Crippen LogP contribution in [0.5, 0.6) is 11.5 Å². The van der Waals surface area contributed by atoms with Crippen LogP contribution in [-0.4, -0.2) is 67.2 Å². The van der Waals surface area contributed by atoms with Gasteiger partial charge in [0, 0.05) is 44.1 Å². The molecule has 0 unspecified atom stereocenters. The summed E-state index contributed by atoms with van der Waals surface area (Å²) in [4.78, 5) is 16.0. The molecule has 3 heterocycles. The number of carbonyl (C=O) groups excluding carboxylic acids is 1. The Kier molecular flexibility index (Phi) is 6.49. The minimum atomic E-state index is 0.578. The van der Waals surface area contributed by atoms with Gasteiger partial charge in [0.15, 0.2) is 6.29 Å². The maximum absolute atomic E-state index is 11.1. The number of aldehydes is 1. The van der Waals surface area contributed by atoms with Crippen LogP contribution in [0.1, 0.15) is 23.2 Å². The molecule has 0 radical (unpaired) electrons. The molecular weight excluding hydrogens is 380 g/mol. The number of hydrogen-bond acceptors (Lipinski definition) is 6. The van der Waals surface area contributed by atoms with E-state index in [9.17, 15) is 4.79 Å². The Bertz CT molecular complexity index is 962. The molecule has 1 saturated heterocycles. The molecule has 3 aromatic rings. The first kappa shape index (κ1) is 20.2. The van der Waals surface area contributed by atoms with Gasteiger partial charge in [-0.05, 0) is 49.7 Å². The highest BCUT2D eigenvalue weighted by Crippen LogP contribution is 2.21. The standard InChI is InChI=1S/C23H28N4O3/c1-29-21-6-4-20(5-7-21)26-13-11-25(12-14-26)9-2-3-15-30-22-8-10-27-23(16-22)19(18-28)17-24-27/h4-8,10,16-18H,2-3,9,11-15H2,1H3. The van der Waals surface area contributed by atoms with Crippen LogP contribution in [-0.2, 0) is 0 Å². The number of carbonyl (C=O) groups is 1. The Morgan fingerprint density at radius 1 is 1.03 bits per heavy atom. The molecule has 4 rings (SSSR count). The normalized spacial score (nSPS) is 14.8. The van der Waals surface area contributed by atoms with Gasteiger partial charge in [0.1, 0.15) is 11.5 Å². The summed E-state index contributed by atoms with van der Waals surface area (Å²) < 4.78 is 12.8. The van der Waals surface area contributed by atoms with Gasteiger partial charge >= 0.3 is 0 Å². The van der Waals surface area contributed by atoms with Crippen LogP contribution in [0.4, 0.5) is 5.69 Å². The summed E-state index contributed by atoms with van der Waals surface area (Å²) in [5, 5.41) is 4.14. The van der Waals surface area contributed by atoms with Crippen molar-refractivity contribution in [2.45, 2.75) is 12.8 Å². The van der Waals surface area contributed by atoms with Crippen LogP contribution in [0.25, 0.3) is 5.52 Å². The molecule has 1 aromatic carbocycles. The van der Waals surface area contributed by atoms with Crippen molar-refractivity contribution >= 4 is 17.5 Å². The first-order valence-corrected chi connectivity index (χ1v) is 10.4. The molecule has 0 aliphatic carbocycles. The second kappa shape index (κ2) is 9.63. The number of pyridine rings is 1. The van der Waals surface area contributed by atoms with Gasteiger partial charge in [-0.25, -0.2) is 4.52 Å². The van der Waals surface area contributed by atoms with Gasteiger partial charge in [0.25, 0.3) is 0 Å². The summed E-state index contributed by atoms with van der Waals surface area (Å²) in [6.45, 7) is 6.03. The zero-order valence-corrected chi connectivity index (χ0v) is 17.4. The monoisotopic (exact) mass is 408 g/mol. The fraction of sp³-hybridized carbons (Fsp3) is 0.391. The lowest BCUT2D eigenvalue weighted by Gasteiger charge is -2.36. The van der Waals surface area contributed by atoms with Gasteiger partial charge in [-0.1, -0.05) is 0 Å². The minimum Gasteiger partial charge on any atom is -0.497 e. The van der Waals surface area contributed by atoms with Crippen molar-refractivity contribution in [2.24, 2.45) is 0 Å². The molecule has 7 nitrogen and oxygen atoms in total. The summed E-state index contributed by atoms with van der Waals surface area (Å²) >= 11 is 0. The van der Waals surface area contributed by atoms with E-state index in [1.807, 2.05) is 30.5 Å². The molecule has 0 N–H and O–H groups in total. The number of methoxy groups -OCH3 is 1. The molecule has 0 saturated carbocycles.